The number of ether oxygens (including phenoxy) is 5. The molecule has 0 aromatic heterocycles. The molecule has 1 saturated carbocycles. The van der Waals surface area contributed by atoms with Gasteiger partial charge in [0.2, 0.25) is 0 Å². The molecular weight excluding hydrogens is 312 g/mol. The molecule has 1 N–H and O–H groups in total. The van der Waals surface area contributed by atoms with Gasteiger partial charge in [-0.05, 0) is 24.7 Å². The Morgan fingerprint density at radius 2 is 1.04 bits per heavy atom. The minimum Gasteiger partial charge on any atom is -0.394 e. The second-order valence-electron chi connectivity index (χ2n) is 6.37. The molecule has 0 aromatic carbocycles. The van der Waals surface area contributed by atoms with Gasteiger partial charge in [-0.2, -0.15) is 0 Å². The lowest BCUT2D eigenvalue weighted by molar-refractivity contribution is -0.0167. The van der Waals surface area contributed by atoms with E-state index in [4.69, 9.17) is 28.8 Å². The summed E-state index contributed by atoms with van der Waals surface area (Å²) in [5.41, 5.74) is 0. The van der Waals surface area contributed by atoms with Crippen molar-refractivity contribution in [1.29, 1.82) is 0 Å². The average Bonchev–Trinajstić information content (AvgIpc) is 2.60. The van der Waals surface area contributed by atoms with Gasteiger partial charge in [0.05, 0.1) is 66.1 Å². The molecule has 0 aliphatic heterocycles. The van der Waals surface area contributed by atoms with Crippen molar-refractivity contribution in [3.05, 3.63) is 0 Å². The largest absolute Gasteiger partial charge is 0.394 e. The van der Waals surface area contributed by atoms with Gasteiger partial charge in [0.1, 0.15) is 0 Å². The molecule has 0 atom stereocenters. The van der Waals surface area contributed by atoms with Crippen molar-refractivity contribution in [3.8, 4) is 0 Å². The first-order valence-electron chi connectivity index (χ1n) is 9.32. The second kappa shape index (κ2) is 16.2. The van der Waals surface area contributed by atoms with E-state index in [1.54, 1.807) is 0 Å². The van der Waals surface area contributed by atoms with Gasteiger partial charge < -0.3 is 28.8 Å². The summed E-state index contributed by atoms with van der Waals surface area (Å²) in [6.07, 6.45) is 5.32. The van der Waals surface area contributed by atoms with Crippen LogP contribution in [0.1, 0.15) is 32.6 Å². The van der Waals surface area contributed by atoms with Crippen molar-refractivity contribution in [2.45, 2.75) is 32.6 Å². The van der Waals surface area contributed by atoms with E-state index in [0.29, 0.717) is 59.5 Å². The Morgan fingerprint density at radius 1 is 0.625 bits per heavy atom. The lowest BCUT2D eigenvalue weighted by Crippen LogP contribution is -2.19. The first kappa shape index (κ1) is 21.8. The first-order chi connectivity index (χ1) is 11.8. The number of rotatable bonds is 16. The molecule has 1 aliphatic rings. The maximum atomic E-state index is 8.52. The summed E-state index contributed by atoms with van der Waals surface area (Å²) in [6, 6.07) is 0. The zero-order valence-electron chi connectivity index (χ0n) is 15.2. The Bertz CT molecular complexity index is 256. The third-order valence-electron chi connectivity index (χ3n) is 4.21. The van der Waals surface area contributed by atoms with E-state index in [9.17, 15) is 0 Å². The zero-order valence-corrected chi connectivity index (χ0v) is 15.2. The molecule has 0 saturated heterocycles. The number of hydrogen-bond donors (Lipinski definition) is 1. The molecule has 0 aromatic rings. The van der Waals surface area contributed by atoms with Crippen molar-refractivity contribution >= 4 is 0 Å². The summed E-state index contributed by atoms with van der Waals surface area (Å²) >= 11 is 0. The normalized spacial score (nSPS) is 21.2. The Labute approximate surface area is 146 Å². The van der Waals surface area contributed by atoms with Crippen LogP contribution in [0.25, 0.3) is 0 Å². The molecular formula is C18H36O6. The zero-order chi connectivity index (χ0) is 17.3. The van der Waals surface area contributed by atoms with Gasteiger partial charge in [-0.1, -0.05) is 19.8 Å². The highest BCUT2D eigenvalue weighted by atomic mass is 16.6. The molecule has 144 valence electrons. The lowest BCUT2D eigenvalue weighted by atomic mass is 9.83. The highest BCUT2D eigenvalue weighted by Gasteiger charge is 2.17. The Morgan fingerprint density at radius 3 is 1.50 bits per heavy atom. The van der Waals surface area contributed by atoms with Crippen molar-refractivity contribution in [2.24, 2.45) is 11.8 Å². The smallest absolute Gasteiger partial charge is 0.0701 e. The minimum atomic E-state index is 0.0496. The molecule has 24 heavy (non-hydrogen) atoms. The molecule has 1 fully saturated rings. The summed E-state index contributed by atoms with van der Waals surface area (Å²) in [6.45, 7) is 8.22. The molecule has 0 radical (unpaired) electrons. The Kier molecular flexibility index (Phi) is 14.8. The molecule has 1 aliphatic carbocycles. The lowest BCUT2D eigenvalue weighted by Gasteiger charge is -2.25. The van der Waals surface area contributed by atoms with Gasteiger partial charge in [-0.3, -0.25) is 0 Å². The summed E-state index contributed by atoms with van der Waals surface area (Å²) < 4.78 is 27.0. The van der Waals surface area contributed by atoms with Crippen LogP contribution in [0.3, 0.4) is 0 Å². The minimum absolute atomic E-state index is 0.0496. The van der Waals surface area contributed by atoms with Crippen LogP contribution in [0.4, 0.5) is 0 Å². The van der Waals surface area contributed by atoms with Crippen molar-refractivity contribution in [2.75, 3.05) is 72.7 Å². The summed E-state index contributed by atoms with van der Waals surface area (Å²) in [5.74, 6) is 1.65. The standard InChI is InChI=1S/C18H36O6/c1-17-2-4-18(5-3-17)16-24-15-14-23-13-12-22-11-10-21-9-8-20-7-6-19/h17-19H,2-16H2,1H3. The predicted molar refractivity (Wildman–Crippen MR) is 92.3 cm³/mol. The maximum Gasteiger partial charge on any atom is 0.0701 e. The van der Waals surface area contributed by atoms with E-state index in [1.807, 2.05) is 0 Å². The fourth-order valence-corrected chi connectivity index (χ4v) is 2.69. The fourth-order valence-electron chi connectivity index (χ4n) is 2.69. The van der Waals surface area contributed by atoms with E-state index in [1.165, 1.54) is 25.7 Å². The van der Waals surface area contributed by atoms with Crippen LogP contribution in [-0.2, 0) is 23.7 Å². The number of hydrogen-bond acceptors (Lipinski definition) is 6. The number of aliphatic hydroxyl groups excluding tert-OH is 1. The molecule has 0 unspecified atom stereocenters. The monoisotopic (exact) mass is 348 g/mol. The van der Waals surface area contributed by atoms with Crippen molar-refractivity contribution in [3.63, 3.8) is 0 Å². The Hall–Kier alpha value is -0.240. The quantitative estimate of drug-likeness (QED) is 0.430. The molecule has 0 spiro atoms. The first-order valence-corrected chi connectivity index (χ1v) is 9.32. The van der Waals surface area contributed by atoms with Gasteiger partial charge >= 0.3 is 0 Å². The topological polar surface area (TPSA) is 66.4 Å². The van der Waals surface area contributed by atoms with Gasteiger partial charge in [0, 0.05) is 6.61 Å². The van der Waals surface area contributed by atoms with Crippen LogP contribution in [0.15, 0.2) is 0 Å². The Balaban J connectivity index is 1.69. The van der Waals surface area contributed by atoms with E-state index >= 15 is 0 Å². The van der Waals surface area contributed by atoms with E-state index in [-0.39, 0.29) is 6.61 Å². The van der Waals surface area contributed by atoms with Crippen LogP contribution < -0.4 is 0 Å². The van der Waals surface area contributed by atoms with Crippen LogP contribution in [0.5, 0.6) is 0 Å². The molecule has 0 heterocycles. The van der Waals surface area contributed by atoms with Crippen LogP contribution >= 0.6 is 0 Å². The maximum absolute atomic E-state index is 8.52. The van der Waals surface area contributed by atoms with Crippen molar-refractivity contribution < 1.29 is 28.8 Å². The second-order valence-corrected chi connectivity index (χ2v) is 6.37. The van der Waals surface area contributed by atoms with E-state index in [2.05, 4.69) is 6.92 Å². The fraction of sp³-hybridized carbons (Fsp3) is 1.00. The van der Waals surface area contributed by atoms with Crippen LogP contribution in [0.2, 0.25) is 0 Å². The highest BCUT2D eigenvalue weighted by molar-refractivity contribution is 4.69. The molecule has 0 amide bonds. The molecule has 1 rings (SSSR count). The summed E-state index contributed by atoms with van der Waals surface area (Å²) in [4.78, 5) is 0. The highest BCUT2D eigenvalue weighted by Crippen LogP contribution is 2.28. The van der Waals surface area contributed by atoms with Crippen LogP contribution in [-0.4, -0.2) is 77.8 Å². The molecule has 6 heteroatoms. The summed E-state index contributed by atoms with van der Waals surface area (Å²) in [5, 5.41) is 8.52. The third-order valence-corrected chi connectivity index (χ3v) is 4.21. The van der Waals surface area contributed by atoms with Crippen molar-refractivity contribution in [1.82, 2.24) is 0 Å². The van der Waals surface area contributed by atoms with Gasteiger partial charge in [0.15, 0.2) is 0 Å². The molecule has 0 bridgehead atoms. The SMILES string of the molecule is CC1CCC(COCCOCCOCCOCCOCCO)CC1. The summed E-state index contributed by atoms with van der Waals surface area (Å²) in [7, 11) is 0. The van der Waals surface area contributed by atoms with Crippen LogP contribution in [0, 0.1) is 11.8 Å². The van der Waals surface area contributed by atoms with Gasteiger partial charge in [-0.25, -0.2) is 0 Å². The van der Waals surface area contributed by atoms with Gasteiger partial charge in [-0.15, -0.1) is 0 Å². The van der Waals surface area contributed by atoms with E-state index in [0.717, 1.165) is 18.4 Å². The van der Waals surface area contributed by atoms with E-state index < -0.39 is 0 Å². The average molecular weight is 348 g/mol. The third kappa shape index (κ3) is 13.1. The number of aliphatic hydroxyl groups is 1. The predicted octanol–water partition coefficient (Wildman–Crippen LogP) is 1.89. The van der Waals surface area contributed by atoms with Gasteiger partial charge in [0.25, 0.3) is 0 Å². The molecule has 6 nitrogen and oxygen atoms in total.